The number of hydrogen-bond acceptors (Lipinski definition) is 7. The van der Waals surface area contributed by atoms with Gasteiger partial charge in [0.15, 0.2) is 5.60 Å². The van der Waals surface area contributed by atoms with Crippen LogP contribution in [0.25, 0.3) is 0 Å². The Hall–Kier alpha value is -3.94. The molecule has 216 valence electrons. The SMILES string of the molecule is CCOC(=O)CN=C(NS(=O)(=O)c1ccc(Cl)cc1)N1CC(O)(c2ccccc2)C(c2ccc(C(F)(F)F)cc2)=N1. The predicted octanol–water partition coefficient (Wildman–Crippen LogP) is 4.16. The van der Waals surface area contributed by atoms with Crippen molar-refractivity contribution < 1.29 is 36.2 Å². The zero-order valence-corrected chi connectivity index (χ0v) is 23.0. The fourth-order valence-electron chi connectivity index (χ4n) is 4.01. The molecule has 1 aliphatic heterocycles. The summed E-state index contributed by atoms with van der Waals surface area (Å²) in [7, 11) is -4.29. The lowest BCUT2D eigenvalue weighted by Crippen LogP contribution is -2.45. The Morgan fingerprint density at radius 2 is 1.73 bits per heavy atom. The zero-order valence-electron chi connectivity index (χ0n) is 21.5. The summed E-state index contributed by atoms with van der Waals surface area (Å²) in [4.78, 5) is 16.0. The molecule has 0 fully saturated rings. The average molecular weight is 609 g/mol. The third-order valence-corrected chi connectivity index (χ3v) is 7.58. The van der Waals surface area contributed by atoms with E-state index in [0.717, 1.165) is 29.3 Å². The van der Waals surface area contributed by atoms with Crippen LogP contribution in [0.1, 0.15) is 23.6 Å². The van der Waals surface area contributed by atoms with Gasteiger partial charge in [-0.25, -0.2) is 23.1 Å². The van der Waals surface area contributed by atoms with Gasteiger partial charge in [0.25, 0.3) is 10.0 Å². The van der Waals surface area contributed by atoms with Crippen LogP contribution in [0.2, 0.25) is 5.02 Å². The maximum atomic E-state index is 13.2. The third kappa shape index (κ3) is 6.87. The molecule has 4 rings (SSSR count). The van der Waals surface area contributed by atoms with Crippen molar-refractivity contribution in [2.75, 3.05) is 19.7 Å². The standard InChI is InChI=1S/C27H24ClF3N4O5S/c1-2-40-23(36)16-32-25(34-41(38,39)22-14-12-21(28)13-15-22)35-17-26(37,19-6-4-3-5-7-19)24(33-35)18-8-10-20(11-9-18)27(29,30)31/h3-15,37H,2,16-17H2,1H3,(H,32,34). The van der Waals surface area contributed by atoms with Gasteiger partial charge in [-0.1, -0.05) is 54.1 Å². The van der Waals surface area contributed by atoms with Gasteiger partial charge >= 0.3 is 12.1 Å². The van der Waals surface area contributed by atoms with Gasteiger partial charge in [0.05, 0.1) is 23.6 Å². The van der Waals surface area contributed by atoms with E-state index in [0.29, 0.717) is 10.6 Å². The van der Waals surface area contributed by atoms with Crippen molar-refractivity contribution in [3.63, 3.8) is 0 Å². The van der Waals surface area contributed by atoms with Crippen LogP contribution < -0.4 is 4.72 Å². The number of halogens is 4. The third-order valence-electron chi connectivity index (χ3n) is 5.99. The molecule has 0 aliphatic carbocycles. The highest BCUT2D eigenvalue weighted by Gasteiger charge is 2.45. The molecular weight excluding hydrogens is 585 g/mol. The summed E-state index contributed by atoms with van der Waals surface area (Å²) in [6.07, 6.45) is -4.58. The van der Waals surface area contributed by atoms with Crippen LogP contribution in [0.15, 0.2) is 93.9 Å². The zero-order chi connectivity index (χ0) is 29.8. The Morgan fingerprint density at radius 3 is 2.32 bits per heavy atom. The molecule has 1 unspecified atom stereocenters. The number of alkyl halides is 3. The number of β-amino-alcohol motifs (C(OH)–C–C–N with tert-alkyl or cyclic N) is 1. The summed E-state index contributed by atoms with van der Waals surface area (Å²) in [5, 5.41) is 17.6. The van der Waals surface area contributed by atoms with E-state index in [4.69, 9.17) is 16.3 Å². The van der Waals surface area contributed by atoms with E-state index in [-0.39, 0.29) is 22.8 Å². The molecule has 1 aliphatic rings. The van der Waals surface area contributed by atoms with Crippen molar-refractivity contribution in [3.8, 4) is 0 Å². The largest absolute Gasteiger partial charge is 0.465 e. The van der Waals surface area contributed by atoms with E-state index in [9.17, 15) is 31.5 Å². The summed E-state index contributed by atoms with van der Waals surface area (Å²) >= 11 is 5.88. The number of rotatable bonds is 7. The molecule has 3 aromatic carbocycles. The lowest BCUT2D eigenvalue weighted by atomic mass is 9.85. The first-order valence-electron chi connectivity index (χ1n) is 12.1. The summed E-state index contributed by atoms with van der Waals surface area (Å²) in [6.45, 7) is 0.677. The Morgan fingerprint density at radius 1 is 1.10 bits per heavy atom. The second-order valence-electron chi connectivity index (χ2n) is 8.81. The van der Waals surface area contributed by atoms with E-state index >= 15 is 0 Å². The number of hydrazone groups is 1. The van der Waals surface area contributed by atoms with E-state index < -0.39 is 52.4 Å². The van der Waals surface area contributed by atoms with Crippen molar-refractivity contribution >= 4 is 39.3 Å². The van der Waals surface area contributed by atoms with Crippen molar-refractivity contribution in [1.82, 2.24) is 9.73 Å². The van der Waals surface area contributed by atoms with Gasteiger partial charge in [-0.05, 0) is 48.9 Å². The molecule has 3 aromatic rings. The molecular formula is C27H24ClF3N4O5S. The van der Waals surface area contributed by atoms with Crippen LogP contribution in [-0.4, -0.2) is 55.9 Å². The molecule has 0 spiro atoms. The summed E-state index contributed by atoms with van der Waals surface area (Å²) in [6, 6.07) is 17.5. The van der Waals surface area contributed by atoms with Gasteiger partial charge < -0.3 is 9.84 Å². The second kappa shape index (κ2) is 11.9. The molecule has 0 saturated heterocycles. The number of carbonyl (C=O) groups is 1. The van der Waals surface area contributed by atoms with Crippen LogP contribution in [-0.2, 0) is 31.3 Å². The Balaban J connectivity index is 1.79. The molecule has 9 nitrogen and oxygen atoms in total. The number of benzene rings is 3. The maximum absolute atomic E-state index is 13.2. The number of nitrogens with zero attached hydrogens (tertiary/aromatic N) is 3. The number of carbonyl (C=O) groups excluding carboxylic acids is 1. The molecule has 0 aromatic heterocycles. The highest BCUT2D eigenvalue weighted by Crippen LogP contribution is 2.35. The Kier molecular flexibility index (Phi) is 8.71. The molecule has 0 amide bonds. The Bertz CT molecular complexity index is 1570. The fourth-order valence-corrected chi connectivity index (χ4v) is 5.16. The number of ether oxygens (including phenoxy) is 1. The Labute approximate surface area is 239 Å². The normalized spacial score (nSPS) is 17.8. The van der Waals surface area contributed by atoms with E-state index in [1.54, 1.807) is 37.3 Å². The molecule has 1 atom stereocenters. The van der Waals surface area contributed by atoms with Gasteiger partial charge in [-0.15, -0.1) is 0 Å². The lowest BCUT2D eigenvalue weighted by molar-refractivity contribution is -0.141. The molecule has 0 radical (unpaired) electrons. The quantitative estimate of drug-likeness (QED) is 0.236. The van der Waals surface area contributed by atoms with Crippen molar-refractivity contribution in [3.05, 3.63) is 101 Å². The first kappa shape index (κ1) is 30.0. The van der Waals surface area contributed by atoms with Gasteiger partial charge in [0.1, 0.15) is 12.3 Å². The highest BCUT2D eigenvalue weighted by atomic mass is 35.5. The second-order valence-corrected chi connectivity index (χ2v) is 10.9. The number of nitrogens with one attached hydrogen (secondary N) is 1. The molecule has 41 heavy (non-hydrogen) atoms. The lowest BCUT2D eigenvalue weighted by Gasteiger charge is -2.26. The number of aliphatic hydroxyl groups is 1. The topological polar surface area (TPSA) is 121 Å². The number of aliphatic imine (C=N–C) groups is 1. The monoisotopic (exact) mass is 608 g/mol. The van der Waals surface area contributed by atoms with E-state index in [1.165, 1.54) is 24.3 Å². The first-order chi connectivity index (χ1) is 19.3. The van der Waals surface area contributed by atoms with Gasteiger partial charge in [-0.2, -0.15) is 18.3 Å². The van der Waals surface area contributed by atoms with Crippen LogP contribution >= 0.6 is 11.6 Å². The van der Waals surface area contributed by atoms with Crippen molar-refractivity contribution in [1.29, 1.82) is 0 Å². The minimum atomic E-state index is -4.58. The van der Waals surface area contributed by atoms with Crippen molar-refractivity contribution in [2.45, 2.75) is 23.6 Å². The van der Waals surface area contributed by atoms with E-state index in [2.05, 4.69) is 14.8 Å². The van der Waals surface area contributed by atoms with Gasteiger partial charge in [-0.3, -0.25) is 4.79 Å². The predicted molar refractivity (Wildman–Crippen MR) is 146 cm³/mol. The number of sulfonamides is 1. The van der Waals surface area contributed by atoms with Crippen LogP contribution in [0.4, 0.5) is 13.2 Å². The number of guanidine groups is 1. The smallest absolute Gasteiger partial charge is 0.416 e. The fraction of sp³-hybridized carbons (Fsp3) is 0.222. The summed E-state index contributed by atoms with van der Waals surface area (Å²) in [5.41, 5.74) is -2.37. The van der Waals surface area contributed by atoms with Crippen molar-refractivity contribution in [2.24, 2.45) is 10.1 Å². The van der Waals surface area contributed by atoms with Gasteiger partial charge in [0.2, 0.25) is 5.96 Å². The van der Waals surface area contributed by atoms with Crippen LogP contribution in [0, 0.1) is 0 Å². The molecule has 1 heterocycles. The maximum Gasteiger partial charge on any atom is 0.416 e. The molecule has 2 N–H and O–H groups in total. The minimum absolute atomic E-state index is 0.0630. The van der Waals surface area contributed by atoms with Crippen LogP contribution in [0.3, 0.4) is 0 Å². The van der Waals surface area contributed by atoms with Crippen LogP contribution in [0.5, 0.6) is 0 Å². The average Bonchev–Trinajstić information content (AvgIpc) is 3.30. The number of hydrogen-bond donors (Lipinski definition) is 2. The number of esters is 1. The highest BCUT2D eigenvalue weighted by molar-refractivity contribution is 7.90. The summed E-state index contributed by atoms with van der Waals surface area (Å²) in [5.74, 6) is -1.18. The minimum Gasteiger partial charge on any atom is -0.465 e. The summed E-state index contributed by atoms with van der Waals surface area (Å²) < 4.78 is 73.2. The molecule has 14 heteroatoms. The molecule has 0 bridgehead atoms. The molecule has 0 saturated carbocycles. The van der Waals surface area contributed by atoms with Gasteiger partial charge in [0, 0.05) is 10.6 Å². The van der Waals surface area contributed by atoms with E-state index in [1.807, 2.05) is 0 Å². The first-order valence-corrected chi connectivity index (χ1v) is 14.0.